The molecule has 0 spiro atoms. The second-order valence-corrected chi connectivity index (χ2v) is 5.47. The van der Waals surface area contributed by atoms with E-state index >= 15 is 0 Å². The molecule has 0 fully saturated rings. The van der Waals surface area contributed by atoms with Crippen molar-refractivity contribution < 1.29 is 9.90 Å². The summed E-state index contributed by atoms with van der Waals surface area (Å²) in [5.41, 5.74) is 3.41. The van der Waals surface area contributed by atoms with E-state index in [-0.39, 0.29) is 0 Å². The fourth-order valence-electron chi connectivity index (χ4n) is 1.71. The zero-order chi connectivity index (χ0) is 16.1. The number of aliphatic carboxylic acids is 1. The Bertz CT molecular complexity index is 456. The maximum Gasteiger partial charge on any atom is 0.328 e. The van der Waals surface area contributed by atoms with E-state index in [4.69, 9.17) is 5.11 Å². The molecule has 0 aliphatic carbocycles. The number of carboxylic acid groups (broad SMARTS) is 1. The van der Waals surface area contributed by atoms with E-state index in [9.17, 15) is 4.79 Å². The predicted molar refractivity (Wildman–Crippen MR) is 91.3 cm³/mol. The first-order valence-corrected chi connectivity index (χ1v) is 7.45. The molecular formula is C19H28O2. The van der Waals surface area contributed by atoms with Crippen molar-refractivity contribution >= 4 is 5.97 Å². The highest BCUT2D eigenvalue weighted by Gasteiger charge is 1.89. The number of allylic oxidation sites excluding steroid dienone is 9. The third kappa shape index (κ3) is 14.4. The first-order chi connectivity index (χ1) is 9.91. The van der Waals surface area contributed by atoms with Crippen LogP contribution in [0.2, 0.25) is 0 Å². The van der Waals surface area contributed by atoms with Gasteiger partial charge < -0.3 is 5.11 Å². The largest absolute Gasteiger partial charge is 0.478 e. The van der Waals surface area contributed by atoms with Crippen molar-refractivity contribution in [3.8, 4) is 0 Å². The van der Waals surface area contributed by atoms with Crippen LogP contribution >= 0.6 is 0 Å². The minimum absolute atomic E-state index is 0.741. The minimum Gasteiger partial charge on any atom is -0.478 e. The van der Waals surface area contributed by atoms with Crippen LogP contribution in [0.15, 0.2) is 59.3 Å². The van der Waals surface area contributed by atoms with Gasteiger partial charge in [0.2, 0.25) is 0 Å². The molecule has 1 N–H and O–H groups in total. The summed E-state index contributed by atoms with van der Waals surface area (Å²) < 4.78 is 0. The second-order valence-electron chi connectivity index (χ2n) is 5.47. The number of carbonyl (C=O) groups is 1. The summed E-state index contributed by atoms with van der Waals surface area (Å²) in [6.07, 6.45) is 18.0. The first kappa shape index (κ1) is 19.2. The van der Waals surface area contributed by atoms with Gasteiger partial charge >= 0.3 is 5.97 Å². The average Bonchev–Trinajstić information content (AvgIpc) is 2.36. The molecule has 0 atom stereocenters. The average molecular weight is 288 g/mol. The summed E-state index contributed by atoms with van der Waals surface area (Å²) in [6, 6.07) is 0. The van der Waals surface area contributed by atoms with Crippen LogP contribution in [0.3, 0.4) is 0 Å². The fraction of sp³-hybridized carbons (Fsp3) is 0.421. The van der Waals surface area contributed by atoms with Crippen LogP contribution in [0.1, 0.15) is 53.4 Å². The third-order valence-electron chi connectivity index (χ3n) is 2.85. The molecule has 0 heterocycles. The zero-order valence-electron chi connectivity index (χ0n) is 13.7. The Kier molecular flexibility index (Phi) is 10.9. The molecule has 21 heavy (non-hydrogen) atoms. The van der Waals surface area contributed by atoms with Crippen LogP contribution in [0.4, 0.5) is 0 Å². The zero-order valence-corrected chi connectivity index (χ0v) is 13.7. The molecule has 0 aliphatic heterocycles. The molecule has 2 heteroatoms. The van der Waals surface area contributed by atoms with Gasteiger partial charge in [-0.05, 0) is 59.0 Å². The monoisotopic (exact) mass is 288 g/mol. The molecule has 0 amide bonds. The maximum absolute atomic E-state index is 10.5. The van der Waals surface area contributed by atoms with Gasteiger partial charge in [-0.3, -0.25) is 0 Å². The van der Waals surface area contributed by atoms with Gasteiger partial charge in [-0.1, -0.05) is 47.6 Å². The lowest BCUT2D eigenvalue weighted by atomic mass is 10.1. The first-order valence-electron chi connectivity index (χ1n) is 7.45. The summed E-state index contributed by atoms with van der Waals surface area (Å²) in [7, 11) is 0. The lowest BCUT2D eigenvalue weighted by Gasteiger charge is -1.96. The van der Waals surface area contributed by atoms with Gasteiger partial charge in [-0.25, -0.2) is 4.79 Å². The molecule has 116 valence electrons. The highest BCUT2D eigenvalue weighted by atomic mass is 16.4. The normalized spacial score (nSPS) is 13.1. The Hall–Kier alpha value is -1.83. The van der Waals surface area contributed by atoms with E-state index in [2.05, 4.69) is 39.0 Å². The Labute approximate surface area is 129 Å². The molecule has 2 nitrogen and oxygen atoms in total. The van der Waals surface area contributed by atoms with Gasteiger partial charge in [0, 0.05) is 6.08 Å². The van der Waals surface area contributed by atoms with Crippen LogP contribution in [-0.4, -0.2) is 11.1 Å². The van der Waals surface area contributed by atoms with Crippen LogP contribution in [0.25, 0.3) is 0 Å². The fourth-order valence-corrected chi connectivity index (χ4v) is 1.71. The third-order valence-corrected chi connectivity index (χ3v) is 2.85. The van der Waals surface area contributed by atoms with Gasteiger partial charge in [0.1, 0.15) is 0 Å². The summed E-state index contributed by atoms with van der Waals surface area (Å²) in [6.45, 7) is 8.12. The van der Waals surface area contributed by atoms with Crippen molar-refractivity contribution in [2.75, 3.05) is 0 Å². The highest BCUT2D eigenvalue weighted by Crippen LogP contribution is 2.07. The van der Waals surface area contributed by atoms with Gasteiger partial charge in [0.15, 0.2) is 0 Å². The van der Waals surface area contributed by atoms with Crippen molar-refractivity contribution in [1.82, 2.24) is 0 Å². The molecule has 0 aromatic carbocycles. The van der Waals surface area contributed by atoms with Crippen molar-refractivity contribution in [2.24, 2.45) is 0 Å². The van der Waals surface area contributed by atoms with E-state index in [0.29, 0.717) is 0 Å². The number of rotatable bonds is 9. The summed E-state index contributed by atoms with van der Waals surface area (Å²) in [5.74, 6) is -0.906. The van der Waals surface area contributed by atoms with E-state index < -0.39 is 5.97 Å². The molecule has 0 aliphatic rings. The Balaban J connectivity index is 3.98. The van der Waals surface area contributed by atoms with Crippen molar-refractivity contribution in [3.63, 3.8) is 0 Å². The van der Waals surface area contributed by atoms with Crippen LogP contribution in [0.5, 0.6) is 0 Å². The number of hydrogen-bond donors (Lipinski definition) is 1. The van der Waals surface area contributed by atoms with Gasteiger partial charge in [-0.2, -0.15) is 0 Å². The standard InChI is InChI=1S/C19H28O2/c1-16(2)11-8-6-5-7-9-12-17(3)13-10-14-18(4)15-19(20)21/h5,7,10-11,13-15H,6,8-9,12H2,1-4H3,(H,20,21)/b7-5+,14-10+,17-13+,18-15+. The molecule has 0 aromatic rings. The molecule has 0 radical (unpaired) electrons. The number of unbranched alkanes of at least 4 members (excludes halogenated alkanes) is 1. The molecule has 0 unspecified atom stereocenters. The topological polar surface area (TPSA) is 37.3 Å². The second kappa shape index (κ2) is 12.0. The Morgan fingerprint density at radius 3 is 2.29 bits per heavy atom. The molecule has 0 rings (SSSR count). The maximum atomic E-state index is 10.5. The Morgan fingerprint density at radius 2 is 1.67 bits per heavy atom. The van der Waals surface area contributed by atoms with E-state index in [1.165, 1.54) is 17.2 Å². The molecule has 0 saturated heterocycles. The predicted octanol–water partition coefficient (Wildman–Crippen LogP) is 5.60. The lowest BCUT2D eigenvalue weighted by Crippen LogP contribution is -1.87. The number of carboxylic acids is 1. The Morgan fingerprint density at radius 1 is 1.00 bits per heavy atom. The molecule has 0 bridgehead atoms. The van der Waals surface area contributed by atoms with Gasteiger partial charge in [-0.15, -0.1) is 0 Å². The summed E-state index contributed by atoms with van der Waals surface area (Å²) in [5, 5.41) is 8.59. The van der Waals surface area contributed by atoms with E-state index in [1.54, 1.807) is 6.92 Å². The quantitative estimate of drug-likeness (QED) is 0.259. The van der Waals surface area contributed by atoms with E-state index in [1.807, 2.05) is 18.2 Å². The summed E-state index contributed by atoms with van der Waals surface area (Å²) in [4.78, 5) is 10.5. The van der Waals surface area contributed by atoms with Crippen LogP contribution in [-0.2, 0) is 4.79 Å². The van der Waals surface area contributed by atoms with Gasteiger partial charge in [0.05, 0.1) is 0 Å². The van der Waals surface area contributed by atoms with Crippen molar-refractivity contribution in [1.29, 1.82) is 0 Å². The molecule has 0 aromatic heterocycles. The van der Waals surface area contributed by atoms with Crippen LogP contribution < -0.4 is 0 Å². The minimum atomic E-state index is -0.906. The molecule has 0 saturated carbocycles. The van der Waals surface area contributed by atoms with E-state index in [0.717, 1.165) is 31.3 Å². The highest BCUT2D eigenvalue weighted by molar-refractivity contribution is 5.81. The summed E-state index contributed by atoms with van der Waals surface area (Å²) >= 11 is 0. The SMILES string of the molecule is CC(C)=CCC/C=C/CC/C(C)=C/C=C/C(C)=C/C(=O)O. The van der Waals surface area contributed by atoms with Crippen molar-refractivity contribution in [2.45, 2.75) is 53.4 Å². The number of hydrogen-bond acceptors (Lipinski definition) is 1. The van der Waals surface area contributed by atoms with Crippen LogP contribution in [0, 0.1) is 0 Å². The smallest absolute Gasteiger partial charge is 0.328 e. The van der Waals surface area contributed by atoms with Gasteiger partial charge in [0.25, 0.3) is 0 Å². The van der Waals surface area contributed by atoms with Crippen molar-refractivity contribution in [3.05, 3.63) is 59.3 Å². The molecular weight excluding hydrogens is 260 g/mol. The lowest BCUT2D eigenvalue weighted by molar-refractivity contribution is -0.131.